The Kier molecular flexibility index (Phi) is 3.79. The molecule has 0 aliphatic carbocycles. The molecule has 0 amide bonds. The van der Waals surface area contributed by atoms with E-state index in [1.54, 1.807) is 19.2 Å². The summed E-state index contributed by atoms with van der Waals surface area (Å²) in [6.45, 7) is 0.205. The monoisotopic (exact) mass is 196 g/mol. The summed E-state index contributed by atoms with van der Waals surface area (Å²) in [6.07, 6.45) is -0.680. The molecule has 14 heavy (non-hydrogen) atoms. The summed E-state index contributed by atoms with van der Waals surface area (Å²) in [4.78, 5) is 10.6. The third-order valence-electron chi connectivity index (χ3n) is 1.68. The van der Waals surface area contributed by atoms with Crippen LogP contribution in [0.2, 0.25) is 0 Å². The lowest BCUT2D eigenvalue weighted by molar-refractivity contribution is 0.0669. The normalized spacial score (nSPS) is 9.29. The molecular formula is C10H12O4. The summed E-state index contributed by atoms with van der Waals surface area (Å²) in [5, 5.41) is 0. The second kappa shape index (κ2) is 5.11. The van der Waals surface area contributed by atoms with Crippen LogP contribution in [0.15, 0.2) is 24.3 Å². The molecular weight excluding hydrogens is 184 g/mol. The van der Waals surface area contributed by atoms with Gasteiger partial charge in [-0.2, -0.15) is 0 Å². The van der Waals surface area contributed by atoms with Crippen molar-refractivity contribution in [1.29, 1.82) is 0 Å². The molecule has 0 N–H and O–H groups in total. The zero-order chi connectivity index (χ0) is 10.4. The van der Waals surface area contributed by atoms with Crippen LogP contribution in [0.3, 0.4) is 0 Å². The number of methoxy groups -OCH3 is 2. The van der Waals surface area contributed by atoms with Crippen LogP contribution in [0.4, 0.5) is 4.79 Å². The third kappa shape index (κ3) is 2.97. The molecule has 0 aliphatic heterocycles. The van der Waals surface area contributed by atoms with Crippen molar-refractivity contribution in [3.05, 3.63) is 29.8 Å². The zero-order valence-electron chi connectivity index (χ0n) is 8.15. The number of benzene rings is 1. The SMILES string of the molecule is COC(=O)OCc1ccc(OC)cc1. The van der Waals surface area contributed by atoms with Crippen LogP contribution in [0.1, 0.15) is 5.56 Å². The lowest BCUT2D eigenvalue weighted by Crippen LogP contribution is -2.03. The zero-order valence-corrected chi connectivity index (χ0v) is 8.15. The lowest BCUT2D eigenvalue weighted by Gasteiger charge is -2.04. The number of carbonyl (C=O) groups excluding carboxylic acids is 1. The first-order valence-electron chi connectivity index (χ1n) is 4.10. The molecule has 76 valence electrons. The minimum Gasteiger partial charge on any atom is -0.497 e. The fourth-order valence-corrected chi connectivity index (χ4v) is 0.923. The minimum absolute atomic E-state index is 0.205. The minimum atomic E-state index is -0.680. The standard InChI is InChI=1S/C10H12O4/c1-12-9-5-3-8(4-6-9)7-14-10(11)13-2/h3-6H,7H2,1-2H3. The fraction of sp³-hybridized carbons (Fsp3) is 0.300. The van der Waals surface area contributed by atoms with E-state index in [2.05, 4.69) is 4.74 Å². The Morgan fingerprint density at radius 1 is 1.21 bits per heavy atom. The number of hydrogen-bond donors (Lipinski definition) is 0. The average molecular weight is 196 g/mol. The number of ether oxygens (including phenoxy) is 3. The summed E-state index contributed by atoms with van der Waals surface area (Å²) in [5.74, 6) is 0.770. The highest BCUT2D eigenvalue weighted by Crippen LogP contribution is 2.11. The number of hydrogen-bond acceptors (Lipinski definition) is 4. The summed E-state index contributed by atoms with van der Waals surface area (Å²) in [7, 11) is 2.87. The van der Waals surface area contributed by atoms with Gasteiger partial charge in [-0.15, -0.1) is 0 Å². The molecule has 0 aromatic heterocycles. The Bertz CT molecular complexity index is 291. The Morgan fingerprint density at radius 3 is 2.36 bits per heavy atom. The van der Waals surface area contributed by atoms with Crippen LogP contribution in [0, 0.1) is 0 Å². The van der Waals surface area contributed by atoms with Crippen molar-refractivity contribution in [3.63, 3.8) is 0 Å². The molecule has 0 unspecified atom stereocenters. The molecule has 1 aromatic carbocycles. The van der Waals surface area contributed by atoms with Crippen molar-refractivity contribution in [1.82, 2.24) is 0 Å². The van der Waals surface area contributed by atoms with E-state index in [1.165, 1.54) is 7.11 Å². The molecule has 0 saturated heterocycles. The first-order valence-corrected chi connectivity index (χ1v) is 4.10. The van der Waals surface area contributed by atoms with Crippen LogP contribution < -0.4 is 4.74 Å². The number of rotatable bonds is 3. The van der Waals surface area contributed by atoms with Crippen molar-refractivity contribution in [3.8, 4) is 5.75 Å². The van der Waals surface area contributed by atoms with Gasteiger partial charge in [-0.1, -0.05) is 12.1 Å². The molecule has 0 radical (unpaired) electrons. The lowest BCUT2D eigenvalue weighted by atomic mass is 10.2. The molecule has 4 nitrogen and oxygen atoms in total. The van der Waals surface area contributed by atoms with Crippen molar-refractivity contribution in [2.24, 2.45) is 0 Å². The van der Waals surface area contributed by atoms with E-state index in [-0.39, 0.29) is 6.61 Å². The highest BCUT2D eigenvalue weighted by molar-refractivity contribution is 5.59. The molecule has 0 aliphatic rings. The number of carbonyl (C=O) groups is 1. The quantitative estimate of drug-likeness (QED) is 0.693. The fourth-order valence-electron chi connectivity index (χ4n) is 0.923. The van der Waals surface area contributed by atoms with Crippen LogP contribution in [-0.2, 0) is 16.1 Å². The van der Waals surface area contributed by atoms with Gasteiger partial charge in [0.1, 0.15) is 12.4 Å². The van der Waals surface area contributed by atoms with E-state index in [9.17, 15) is 4.79 Å². The molecule has 0 heterocycles. The van der Waals surface area contributed by atoms with Crippen molar-refractivity contribution < 1.29 is 19.0 Å². The second-order valence-electron chi connectivity index (χ2n) is 2.59. The summed E-state index contributed by atoms with van der Waals surface area (Å²) < 4.78 is 14.1. The van der Waals surface area contributed by atoms with Gasteiger partial charge in [0.25, 0.3) is 0 Å². The third-order valence-corrected chi connectivity index (χ3v) is 1.68. The van der Waals surface area contributed by atoms with Gasteiger partial charge in [0.15, 0.2) is 0 Å². The van der Waals surface area contributed by atoms with E-state index in [0.717, 1.165) is 11.3 Å². The van der Waals surface area contributed by atoms with Gasteiger partial charge in [-0.3, -0.25) is 0 Å². The first-order chi connectivity index (χ1) is 6.76. The van der Waals surface area contributed by atoms with Gasteiger partial charge in [-0.05, 0) is 17.7 Å². The van der Waals surface area contributed by atoms with Gasteiger partial charge >= 0.3 is 6.16 Å². The van der Waals surface area contributed by atoms with Gasteiger partial charge in [0, 0.05) is 0 Å². The van der Waals surface area contributed by atoms with E-state index in [0.29, 0.717) is 0 Å². The summed E-state index contributed by atoms with van der Waals surface area (Å²) in [5.41, 5.74) is 0.885. The van der Waals surface area contributed by atoms with Crippen LogP contribution >= 0.6 is 0 Å². The largest absolute Gasteiger partial charge is 0.508 e. The van der Waals surface area contributed by atoms with E-state index in [4.69, 9.17) is 9.47 Å². The van der Waals surface area contributed by atoms with Crippen molar-refractivity contribution >= 4 is 6.16 Å². The predicted octanol–water partition coefficient (Wildman–Crippen LogP) is 1.98. The molecule has 0 bridgehead atoms. The van der Waals surface area contributed by atoms with E-state index >= 15 is 0 Å². The van der Waals surface area contributed by atoms with Crippen LogP contribution in [0.25, 0.3) is 0 Å². The highest BCUT2D eigenvalue weighted by Gasteiger charge is 2.00. The molecule has 1 aromatic rings. The second-order valence-corrected chi connectivity index (χ2v) is 2.59. The van der Waals surface area contributed by atoms with Gasteiger partial charge in [0.05, 0.1) is 14.2 Å². The molecule has 0 atom stereocenters. The van der Waals surface area contributed by atoms with Gasteiger partial charge in [-0.25, -0.2) is 4.79 Å². The Hall–Kier alpha value is -1.71. The topological polar surface area (TPSA) is 44.8 Å². The highest BCUT2D eigenvalue weighted by atomic mass is 16.7. The summed E-state index contributed by atoms with van der Waals surface area (Å²) >= 11 is 0. The molecule has 1 rings (SSSR count). The van der Waals surface area contributed by atoms with Crippen LogP contribution in [-0.4, -0.2) is 20.4 Å². The van der Waals surface area contributed by atoms with E-state index < -0.39 is 6.16 Å². The maximum absolute atomic E-state index is 10.6. The maximum atomic E-state index is 10.6. The Balaban J connectivity index is 2.47. The van der Waals surface area contributed by atoms with E-state index in [1.807, 2.05) is 12.1 Å². The molecule has 0 saturated carbocycles. The van der Waals surface area contributed by atoms with Crippen molar-refractivity contribution in [2.45, 2.75) is 6.61 Å². The maximum Gasteiger partial charge on any atom is 0.508 e. The predicted molar refractivity (Wildman–Crippen MR) is 50.2 cm³/mol. The molecule has 0 spiro atoms. The van der Waals surface area contributed by atoms with Gasteiger partial charge < -0.3 is 14.2 Å². The first kappa shape index (κ1) is 10.4. The molecule has 4 heteroatoms. The Labute approximate surface area is 82.4 Å². The average Bonchev–Trinajstić information content (AvgIpc) is 2.26. The summed E-state index contributed by atoms with van der Waals surface area (Å²) in [6, 6.07) is 7.25. The van der Waals surface area contributed by atoms with Crippen molar-refractivity contribution in [2.75, 3.05) is 14.2 Å². The smallest absolute Gasteiger partial charge is 0.497 e. The Morgan fingerprint density at radius 2 is 1.86 bits per heavy atom. The van der Waals surface area contributed by atoms with Crippen LogP contribution in [0.5, 0.6) is 5.75 Å². The van der Waals surface area contributed by atoms with Gasteiger partial charge in [0.2, 0.25) is 0 Å². The molecule has 0 fully saturated rings.